The van der Waals surface area contributed by atoms with Crippen molar-refractivity contribution in [3.8, 4) is 0 Å². The van der Waals surface area contributed by atoms with Crippen LogP contribution in [0.3, 0.4) is 0 Å². The van der Waals surface area contributed by atoms with Gasteiger partial charge >= 0.3 is 6.03 Å². The normalized spacial score (nSPS) is 16.5. The second kappa shape index (κ2) is 5.58. The van der Waals surface area contributed by atoms with E-state index in [1.165, 1.54) is 6.20 Å². The maximum absolute atomic E-state index is 11.9. The van der Waals surface area contributed by atoms with Gasteiger partial charge in [-0.05, 0) is 25.9 Å². The first-order chi connectivity index (χ1) is 8.27. The van der Waals surface area contributed by atoms with Gasteiger partial charge in [-0.25, -0.2) is 9.78 Å². The van der Waals surface area contributed by atoms with Crippen LogP contribution in [0.2, 0.25) is 0 Å². The van der Waals surface area contributed by atoms with Crippen LogP contribution in [0, 0.1) is 0 Å². The maximum atomic E-state index is 11.9. The predicted molar refractivity (Wildman–Crippen MR) is 64.7 cm³/mol. The van der Waals surface area contributed by atoms with Crippen molar-refractivity contribution in [3.05, 3.63) is 18.6 Å². The van der Waals surface area contributed by atoms with Crippen LogP contribution in [-0.2, 0) is 0 Å². The van der Waals surface area contributed by atoms with Gasteiger partial charge in [0.05, 0.1) is 6.20 Å². The number of piperidine rings is 1. The van der Waals surface area contributed by atoms with E-state index in [2.05, 4.69) is 20.6 Å². The lowest BCUT2D eigenvalue weighted by molar-refractivity contribution is 0.189. The third-order valence-corrected chi connectivity index (χ3v) is 2.97. The third kappa shape index (κ3) is 3.13. The van der Waals surface area contributed by atoms with E-state index in [0.717, 1.165) is 25.9 Å². The second-order valence-corrected chi connectivity index (χ2v) is 4.11. The van der Waals surface area contributed by atoms with E-state index in [-0.39, 0.29) is 6.03 Å². The summed E-state index contributed by atoms with van der Waals surface area (Å²) < 4.78 is 0. The number of anilines is 1. The molecule has 6 heteroatoms. The smallest absolute Gasteiger partial charge is 0.323 e. The van der Waals surface area contributed by atoms with Gasteiger partial charge in [0.25, 0.3) is 0 Å². The molecule has 1 aliphatic rings. The van der Waals surface area contributed by atoms with Gasteiger partial charge in [0, 0.05) is 25.5 Å². The highest BCUT2D eigenvalue weighted by Gasteiger charge is 2.21. The summed E-state index contributed by atoms with van der Waals surface area (Å²) in [7, 11) is 1.82. The minimum atomic E-state index is -0.127. The minimum absolute atomic E-state index is 0.127. The summed E-state index contributed by atoms with van der Waals surface area (Å²) in [5, 5.41) is 6.01. The van der Waals surface area contributed by atoms with Gasteiger partial charge < -0.3 is 10.2 Å². The SMILES string of the molecule is CN(C(=O)Nc1cnccn1)C1CCNCC1. The van der Waals surface area contributed by atoms with Gasteiger partial charge in [-0.3, -0.25) is 10.3 Å². The molecule has 1 aromatic heterocycles. The molecule has 2 rings (SSSR count). The summed E-state index contributed by atoms with van der Waals surface area (Å²) in [6, 6.07) is 0.172. The van der Waals surface area contributed by atoms with Crippen molar-refractivity contribution in [1.82, 2.24) is 20.2 Å². The Morgan fingerprint density at radius 3 is 2.88 bits per heavy atom. The molecule has 2 amide bonds. The van der Waals surface area contributed by atoms with Crippen LogP contribution in [-0.4, -0.2) is 47.1 Å². The number of nitrogens with zero attached hydrogens (tertiary/aromatic N) is 3. The molecule has 0 aromatic carbocycles. The number of nitrogens with one attached hydrogen (secondary N) is 2. The molecule has 6 nitrogen and oxygen atoms in total. The number of hydrogen-bond donors (Lipinski definition) is 2. The predicted octanol–water partition coefficient (Wildman–Crippen LogP) is 0.692. The number of aromatic nitrogens is 2. The molecule has 1 aromatic rings. The summed E-state index contributed by atoms with van der Waals surface area (Å²) in [5.41, 5.74) is 0. The number of amides is 2. The van der Waals surface area contributed by atoms with Crippen LogP contribution in [0.25, 0.3) is 0 Å². The standard InChI is InChI=1S/C11H17N5O/c1-16(9-2-4-12-5-3-9)11(17)15-10-8-13-6-7-14-10/h6-9,12H,2-5H2,1H3,(H,14,15,17). The molecule has 0 radical (unpaired) electrons. The summed E-state index contributed by atoms with van der Waals surface area (Å²) >= 11 is 0. The lowest BCUT2D eigenvalue weighted by atomic mass is 10.1. The van der Waals surface area contributed by atoms with Gasteiger partial charge in [-0.1, -0.05) is 0 Å². The van der Waals surface area contributed by atoms with E-state index in [9.17, 15) is 4.79 Å². The quantitative estimate of drug-likeness (QED) is 0.791. The van der Waals surface area contributed by atoms with E-state index in [1.54, 1.807) is 17.3 Å². The molecule has 0 unspecified atom stereocenters. The fraction of sp³-hybridized carbons (Fsp3) is 0.545. The molecule has 1 fully saturated rings. The molecule has 92 valence electrons. The minimum Gasteiger partial charge on any atom is -0.324 e. The Hall–Kier alpha value is -1.69. The van der Waals surface area contributed by atoms with Crippen LogP contribution < -0.4 is 10.6 Å². The molecule has 2 N–H and O–H groups in total. The Bertz CT molecular complexity index is 363. The summed E-state index contributed by atoms with van der Waals surface area (Å²) in [4.78, 5) is 21.6. The average Bonchev–Trinajstić information content (AvgIpc) is 2.40. The monoisotopic (exact) mass is 235 g/mol. The summed E-state index contributed by atoms with van der Waals surface area (Å²) in [6.07, 6.45) is 6.65. The van der Waals surface area contributed by atoms with E-state index >= 15 is 0 Å². The average molecular weight is 235 g/mol. The largest absolute Gasteiger partial charge is 0.324 e. The Balaban J connectivity index is 1.90. The number of carbonyl (C=O) groups is 1. The molecule has 0 aliphatic carbocycles. The molecule has 0 spiro atoms. The fourth-order valence-corrected chi connectivity index (χ4v) is 1.92. The highest BCUT2D eigenvalue weighted by molar-refractivity contribution is 5.88. The zero-order chi connectivity index (χ0) is 12.1. The van der Waals surface area contributed by atoms with Gasteiger partial charge in [0.15, 0.2) is 5.82 Å². The van der Waals surface area contributed by atoms with Crippen molar-refractivity contribution < 1.29 is 4.79 Å². The van der Waals surface area contributed by atoms with E-state index in [0.29, 0.717) is 11.9 Å². The maximum Gasteiger partial charge on any atom is 0.323 e. The molecule has 0 saturated carbocycles. The Morgan fingerprint density at radius 2 is 2.24 bits per heavy atom. The van der Waals surface area contributed by atoms with Crippen molar-refractivity contribution in [2.45, 2.75) is 18.9 Å². The van der Waals surface area contributed by atoms with E-state index < -0.39 is 0 Å². The van der Waals surface area contributed by atoms with Crippen LogP contribution in [0.15, 0.2) is 18.6 Å². The lowest BCUT2D eigenvalue weighted by Crippen LogP contribution is -2.45. The molecule has 1 aliphatic heterocycles. The molecule has 0 atom stereocenters. The zero-order valence-corrected chi connectivity index (χ0v) is 9.89. The molecule has 17 heavy (non-hydrogen) atoms. The summed E-state index contributed by atoms with van der Waals surface area (Å²) in [6.45, 7) is 1.93. The molecule has 0 bridgehead atoms. The molecular formula is C11H17N5O. The van der Waals surface area contributed by atoms with Crippen molar-refractivity contribution in [1.29, 1.82) is 0 Å². The third-order valence-electron chi connectivity index (χ3n) is 2.97. The summed E-state index contributed by atoms with van der Waals surface area (Å²) in [5.74, 6) is 0.485. The molecule has 1 saturated heterocycles. The van der Waals surface area contributed by atoms with Crippen molar-refractivity contribution in [2.24, 2.45) is 0 Å². The lowest BCUT2D eigenvalue weighted by Gasteiger charge is -2.31. The van der Waals surface area contributed by atoms with Gasteiger partial charge in [-0.15, -0.1) is 0 Å². The van der Waals surface area contributed by atoms with E-state index in [1.807, 2.05) is 7.05 Å². The van der Waals surface area contributed by atoms with Gasteiger partial charge in [0.1, 0.15) is 0 Å². The van der Waals surface area contributed by atoms with E-state index in [4.69, 9.17) is 0 Å². The second-order valence-electron chi connectivity index (χ2n) is 4.11. The number of carbonyl (C=O) groups excluding carboxylic acids is 1. The Labute approximate surface area is 100 Å². The highest BCUT2D eigenvalue weighted by atomic mass is 16.2. The van der Waals surface area contributed by atoms with Crippen molar-refractivity contribution in [2.75, 3.05) is 25.5 Å². The Morgan fingerprint density at radius 1 is 1.47 bits per heavy atom. The Kier molecular flexibility index (Phi) is 3.87. The number of hydrogen-bond acceptors (Lipinski definition) is 4. The van der Waals surface area contributed by atoms with Crippen molar-refractivity contribution in [3.63, 3.8) is 0 Å². The molecular weight excluding hydrogens is 218 g/mol. The number of rotatable bonds is 2. The zero-order valence-electron chi connectivity index (χ0n) is 9.89. The molecule has 2 heterocycles. The first-order valence-electron chi connectivity index (χ1n) is 5.78. The van der Waals surface area contributed by atoms with Gasteiger partial charge in [-0.2, -0.15) is 0 Å². The van der Waals surface area contributed by atoms with Gasteiger partial charge in [0.2, 0.25) is 0 Å². The first-order valence-corrected chi connectivity index (χ1v) is 5.78. The number of urea groups is 1. The fourth-order valence-electron chi connectivity index (χ4n) is 1.92. The first kappa shape index (κ1) is 11.8. The highest BCUT2D eigenvalue weighted by Crippen LogP contribution is 2.11. The van der Waals surface area contributed by atoms with Crippen LogP contribution >= 0.6 is 0 Å². The van der Waals surface area contributed by atoms with Crippen LogP contribution in [0.1, 0.15) is 12.8 Å². The van der Waals surface area contributed by atoms with Crippen LogP contribution in [0.4, 0.5) is 10.6 Å². The topological polar surface area (TPSA) is 70.2 Å². The van der Waals surface area contributed by atoms with Crippen LogP contribution in [0.5, 0.6) is 0 Å². The van der Waals surface area contributed by atoms with Crippen molar-refractivity contribution >= 4 is 11.8 Å².